The number of carbonyl (C=O) groups is 1. The number of carbonyl (C=O) groups excluding carboxylic acids is 1. The molecule has 5 aromatic rings. The van der Waals surface area contributed by atoms with Crippen LogP contribution in [0.15, 0.2) is 84.9 Å². The molecule has 3 nitrogen and oxygen atoms in total. The average molecular weight is 689 g/mol. The van der Waals surface area contributed by atoms with Crippen molar-refractivity contribution in [3.05, 3.63) is 142 Å². The molecule has 12 heteroatoms. The molecule has 0 saturated heterocycles. The Morgan fingerprint density at radius 1 is 0.612 bits per heavy atom. The zero-order chi connectivity index (χ0) is 35.5. The predicted octanol–water partition coefficient (Wildman–Crippen LogP) is 11.1. The summed E-state index contributed by atoms with van der Waals surface area (Å²) in [4.78, 5) is 12.2. The molecule has 49 heavy (non-hydrogen) atoms. The van der Waals surface area contributed by atoms with E-state index in [9.17, 15) is 26.7 Å². The molecule has 5 aromatic carbocycles. The maximum Gasteiger partial charge on any atom is 0.429 e. The Balaban J connectivity index is 1.31. The van der Waals surface area contributed by atoms with E-state index in [0.29, 0.717) is 17.7 Å². The minimum Gasteiger partial charge on any atom is -0.429 e. The third-order valence-corrected chi connectivity index (χ3v) is 7.55. The number of hydrogen-bond donors (Lipinski definition) is 0. The van der Waals surface area contributed by atoms with Crippen LogP contribution < -0.4 is 9.47 Å². The first-order chi connectivity index (χ1) is 23.3. The van der Waals surface area contributed by atoms with Crippen molar-refractivity contribution < 1.29 is 53.8 Å². The van der Waals surface area contributed by atoms with Gasteiger partial charge in [0.15, 0.2) is 17.5 Å². The van der Waals surface area contributed by atoms with Crippen molar-refractivity contribution in [2.75, 3.05) is 0 Å². The van der Waals surface area contributed by atoms with Gasteiger partial charge in [0.2, 0.25) is 0 Å². The van der Waals surface area contributed by atoms with Gasteiger partial charge in [0.05, 0.1) is 5.56 Å². The van der Waals surface area contributed by atoms with Crippen LogP contribution in [0.2, 0.25) is 0 Å². The zero-order valence-corrected chi connectivity index (χ0v) is 25.5. The minimum atomic E-state index is -4.52. The Bertz CT molecular complexity index is 1960. The normalized spacial score (nSPS) is 11.5. The van der Waals surface area contributed by atoms with Gasteiger partial charge in [-0.25, -0.2) is 35.5 Å². The molecule has 0 aliphatic rings. The smallest absolute Gasteiger partial charge is 0.429 e. The fourth-order valence-corrected chi connectivity index (χ4v) is 5.05. The van der Waals surface area contributed by atoms with Gasteiger partial charge >= 0.3 is 12.1 Å². The molecule has 0 atom stereocenters. The number of ether oxygens (including phenoxy) is 2. The van der Waals surface area contributed by atoms with Crippen LogP contribution >= 0.6 is 0 Å². The fourth-order valence-electron chi connectivity index (χ4n) is 5.05. The summed E-state index contributed by atoms with van der Waals surface area (Å²) in [7, 11) is 0. The number of alkyl halides is 2. The van der Waals surface area contributed by atoms with Crippen molar-refractivity contribution in [3.8, 4) is 33.8 Å². The van der Waals surface area contributed by atoms with Crippen LogP contribution in [0.4, 0.5) is 39.5 Å². The van der Waals surface area contributed by atoms with Gasteiger partial charge < -0.3 is 9.47 Å². The third kappa shape index (κ3) is 7.90. The molecule has 0 aromatic heterocycles. The van der Waals surface area contributed by atoms with Crippen molar-refractivity contribution in [3.63, 3.8) is 0 Å². The number of benzene rings is 5. The second kappa shape index (κ2) is 14.5. The van der Waals surface area contributed by atoms with E-state index in [2.05, 4.69) is 16.4 Å². The molecular weight excluding hydrogens is 663 g/mol. The van der Waals surface area contributed by atoms with E-state index >= 15 is 17.6 Å². The lowest BCUT2D eigenvalue weighted by molar-refractivity contribution is -0.187. The topological polar surface area (TPSA) is 35.5 Å². The SMILES string of the molecule is CCCCCc1ccc(-c2ccc(-c3ccc(C(F)(F)Oc4cc(F)c(C(=O)Oc5cc(F)c(F)c(F)c5)c(F)c4)c(F)c3)c(F)c2)cc1. The number of esters is 1. The summed E-state index contributed by atoms with van der Waals surface area (Å²) < 4.78 is 138. The molecule has 5 rings (SSSR count). The first-order valence-electron chi connectivity index (χ1n) is 14.9. The lowest BCUT2D eigenvalue weighted by atomic mass is 9.97. The second-order valence-electron chi connectivity index (χ2n) is 11.0. The standard InChI is InChI=1S/C37H25F9O3/c1-2-3-4-5-20-6-8-21(9-7-20)22-10-12-26(28(38)14-22)23-11-13-27(29(39)15-23)37(45,46)49-25-18-30(40)34(31(41)19-25)36(47)48-24-16-32(42)35(44)33(43)17-24/h6-19H,2-5H2,1H3. The van der Waals surface area contributed by atoms with Crippen molar-refractivity contribution in [1.82, 2.24) is 0 Å². The van der Waals surface area contributed by atoms with Crippen LogP contribution in [-0.2, 0) is 12.5 Å². The number of unbranched alkanes of at least 4 members (excludes halogenated alkanes) is 2. The van der Waals surface area contributed by atoms with Gasteiger partial charge in [0.1, 0.15) is 40.3 Å². The highest BCUT2D eigenvalue weighted by molar-refractivity contribution is 5.91. The molecule has 0 N–H and O–H groups in total. The van der Waals surface area contributed by atoms with Gasteiger partial charge in [-0.05, 0) is 53.3 Å². The summed E-state index contributed by atoms with van der Waals surface area (Å²) >= 11 is 0. The summed E-state index contributed by atoms with van der Waals surface area (Å²) in [6.45, 7) is 2.12. The minimum absolute atomic E-state index is 0.0757. The molecule has 0 bridgehead atoms. The van der Waals surface area contributed by atoms with Gasteiger partial charge in [-0.1, -0.05) is 62.2 Å². The number of halogens is 9. The van der Waals surface area contributed by atoms with Crippen molar-refractivity contribution in [2.24, 2.45) is 0 Å². The largest absolute Gasteiger partial charge is 0.429 e. The van der Waals surface area contributed by atoms with E-state index in [0.717, 1.165) is 42.9 Å². The number of rotatable bonds is 11. The van der Waals surface area contributed by atoms with Crippen LogP contribution in [0.1, 0.15) is 47.7 Å². The Labute approximate surface area is 274 Å². The van der Waals surface area contributed by atoms with Crippen molar-refractivity contribution in [2.45, 2.75) is 38.7 Å². The Morgan fingerprint density at radius 2 is 1.18 bits per heavy atom. The van der Waals surface area contributed by atoms with E-state index in [1.165, 1.54) is 12.1 Å². The maximum atomic E-state index is 15.2. The predicted molar refractivity (Wildman–Crippen MR) is 163 cm³/mol. The molecule has 0 fully saturated rings. The van der Waals surface area contributed by atoms with Crippen LogP contribution in [0.3, 0.4) is 0 Å². The van der Waals surface area contributed by atoms with Gasteiger partial charge in [-0.2, -0.15) is 8.78 Å². The summed E-state index contributed by atoms with van der Waals surface area (Å²) in [5.41, 5.74) is -0.505. The van der Waals surface area contributed by atoms with Gasteiger partial charge in [0.25, 0.3) is 0 Å². The van der Waals surface area contributed by atoms with Gasteiger partial charge in [-0.3, -0.25) is 0 Å². The van der Waals surface area contributed by atoms with E-state index in [-0.39, 0.29) is 35.4 Å². The van der Waals surface area contributed by atoms with Gasteiger partial charge in [-0.15, -0.1) is 0 Å². The summed E-state index contributed by atoms with van der Waals surface area (Å²) in [6, 6.07) is 15.0. The molecule has 0 heterocycles. The summed E-state index contributed by atoms with van der Waals surface area (Å²) in [5.74, 6) is -15.2. The molecule has 0 saturated carbocycles. The average Bonchev–Trinajstić information content (AvgIpc) is 3.03. The molecular formula is C37H25F9O3. The van der Waals surface area contributed by atoms with E-state index in [1.807, 2.05) is 24.3 Å². The van der Waals surface area contributed by atoms with Crippen LogP contribution in [0, 0.1) is 40.7 Å². The molecule has 0 aliphatic heterocycles. The lowest BCUT2D eigenvalue weighted by Crippen LogP contribution is -2.24. The fraction of sp³-hybridized carbons (Fsp3) is 0.162. The Kier molecular flexibility index (Phi) is 10.4. The molecule has 254 valence electrons. The Morgan fingerprint density at radius 3 is 1.78 bits per heavy atom. The van der Waals surface area contributed by atoms with E-state index < -0.39 is 75.4 Å². The van der Waals surface area contributed by atoms with Crippen molar-refractivity contribution >= 4 is 5.97 Å². The van der Waals surface area contributed by atoms with Crippen molar-refractivity contribution in [1.29, 1.82) is 0 Å². The summed E-state index contributed by atoms with van der Waals surface area (Å²) in [5, 5.41) is 0. The molecule has 0 amide bonds. The Hall–Kier alpha value is -5.26. The highest BCUT2D eigenvalue weighted by atomic mass is 19.3. The van der Waals surface area contributed by atoms with Crippen LogP contribution in [0.5, 0.6) is 11.5 Å². The second-order valence-corrected chi connectivity index (χ2v) is 11.0. The quantitative estimate of drug-likeness (QED) is 0.0456. The van der Waals surface area contributed by atoms with Gasteiger partial charge in [0, 0.05) is 29.8 Å². The molecule has 0 spiro atoms. The molecule has 0 unspecified atom stereocenters. The highest BCUT2D eigenvalue weighted by Crippen LogP contribution is 2.37. The highest BCUT2D eigenvalue weighted by Gasteiger charge is 2.38. The van der Waals surface area contributed by atoms with E-state index in [1.54, 1.807) is 6.07 Å². The zero-order valence-electron chi connectivity index (χ0n) is 25.5. The monoisotopic (exact) mass is 688 g/mol. The number of aryl methyl sites for hydroxylation is 1. The number of hydrogen-bond acceptors (Lipinski definition) is 3. The van der Waals surface area contributed by atoms with E-state index in [4.69, 9.17) is 0 Å². The maximum absolute atomic E-state index is 15.2. The molecule has 0 aliphatic carbocycles. The van der Waals surface area contributed by atoms with Crippen LogP contribution in [0.25, 0.3) is 22.3 Å². The lowest BCUT2D eigenvalue weighted by Gasteiger charge is -2.20. The third-order valence-electron chi connectivity index (χ3n) is 7.55. The first kappa shape index (κ1) is 35.1. The molecule has 0 radical (unpaired) electrons. The first-order valence-corrected chi connectivity index (χ1v) is 14.9. The van der Waals surface area contributed by atoms with Crippen LogP contribution in [-0.4, -0.2) is 5.97 Å². The summed E-state index contributed by atoms with van der Waals surface area (Å²) in [6.07, 6.45) is -0.307.